The summed E-state index contributed by atoms with van der Waals surface area (Å²) in [5.74, 6) is -1.79. The molecule has 4 heteroatoms. The van der Waals surface area contributed by atoms with E-state index in [2.05, 4.69) is 0 Å². The maximum absolute atomic E-state index is 8.95. The van der Waals surface area contributed by atoms with Crippen LogP contribution in [0.1, 0.15) is 12.8 Å². The molecule has 4 nitrogen and oxygen atoms in total. The number of aliphatic hydroxyl groups excluding tert-OH is 1. The van der Waals surface area contributed by atoms with E-state index in [1.165, 1.54) is 7.05 Å². The van der Waals surface area contributed by atoms with Crippen molar-refractivity contribution in [3.63, 3.8) is 0 Å². The highest BCUT2D eigenvalue weighted by Gasteiger charge is 2.39. The van der Waals surface area contributed by atoms with Gasteiger partial charge in [-0.1, -0.05) is 0 Å². The highest BCUT2D eigenvalue weighted by molar-refractivity contribution is 4.76. The average Bonchev–Trinajstić information content (AvgIpc) is 1.97. The zero-order valence-corrected chi connectivity index (χ0v) is 5.28. The van der Waals surface area contributed by atoms with Crippen LogP contribution in [0.3, 0.4) is 0 Å². The molecule has 54 valence electrons. The van der Waals surface area contributed by atoms with Crippen LogP contribution in [-0.4, -0.2) is 39.4 Å². The molecule has 0 amide bonds. The van der Waals surface area contributed by atoms with Gasteiger partial charge < -0.3 is 15.3 Å². The molecule has 0 aromatic heterocycles. The van der Waals surface area contributed by atoms with E-state index >= 15 is 0 Å². The minimum Gasteiger partial charge on any atom is -0.378 e. The molecule has 1 saturated heterocycles. The summed E-state index contributed by atoms with van der Waals surface area (Å²) in [6.45, 7) is 0. The van der Waals surface area contributed by atoms with Gasteiger partial charge in [0.2, 0.25) is 5.91 Å². The van der Waals surface area contributed by atoms with Gasteiger partial charge in [0.15, 0.2) is 0 Å². The van der Waals surface area contributed by atoms with Crippen molar-refractivity contribution in [2.75, 3.05) is 7.05 Å². The Morgan fingerprint density at radius 1 is 1.56 bits per heavy atom. The predicted octanol–water partition coefficient (Wildman–Crippen LogP) is -1.33. The van der Waals surface area contributed by atoms with Crippen LogP contribution in [0.4, 0.5) is 0 Å². The van der Waals surface area contributed by atoms with Gasteiger partial charge in [-0.3, -0.25) is 0 Å². The summed E-state index contributed by atoms with van der Waals surface area (Å²) < 4.78 is 0. The molecule has 0 bridgehead atoms. The largest absolute Gasteiger partial charge is 0.378 e. The Morgan fingerprint density at radius 2 is 2.11 bits per heavy atom. The standard InChI is InChI=1S/C5H11NO3/c1-6-4(7)2-3-5(6,8)9/h4,7-9H,2-3H2,1H3. The van der Waals surface area contributed by atoms with Crippen LogP contribution in [0.15, 0.2) is 0 Å². The molecule has 1 fully saturated rings. The van der Waals surface area contributed by atoms with Crippen molar-refractivity contribution >= 4 is 0 Å². The summed E-state index contributed by atoms with van der Waals surface area (Å²) in [5.41, 5.74) is 0. The number of hydrogen-bond acceptors (Lipinski definition) is 4. The fraction of sp³-hybridized carbons (Fsp3) is 1.00. The molecule has 1 atom stereocenters. The smallest absolute Gasteiger partial charge is 0.226 e. The first-order chi connectivity index (χ1) is 4.04. The quantitative estimate of drug-likeness (QED) is 0.358. The van der Waals surface area contributed by atoms with Gasteiger partial charge in [0.1, 0.15) is 6.23 Å². The molecule has 1 rings (SSSR count). The van der Waals surface area contributed by atoms with E-state index in [1.54, 1.807) is 0 Å². The van der Waals surface area contributed by atoms with Gasteiger partial charge in [0.05, 0.1) is 0 Å². The zero-order chi connectivity index (χ0) is 7.07. The second-order valence-corrected chi connectivity index (χ2v) is 2.40. The number of rotatable bonds is 0. The summed E-state index contributed by atoms with van der Waals surface area (Å²) in [5, 5.41) is 26.8. The summed E-state index contributed by atoms with van der Waals surface area (Å²) in [7, 11) is 1.47. The van der Waals surface area contributed by atoms with Crippen LogP contribution in [0.25, 0.3) is 0 Å². The Kier molecular flexibility index (Phi) is 1.48. The maximum Gasteiger partial charge on any atom is 0.226 e. The molecule has 0 saturated carbocycles. The molecule has 0 aromatic carbocycles. The lowest BCUT2D eigenvalue weighted by atomic mass is 10.3. The van der Waals surface area contributed by atoms with Crippen molar-refractivity contribution in [2.45, 2.75) is 25.0 Å². The predicted molar refractivity (Wildman–Crippen MR) is 30.2 cm³/mol. The topological polar surface area (TPSA) is 63.9 Å². The van der Waals surface area contributed by atoms with E-state index in [1.807, 2.05) is 0 Å². The Morgan fingerprint density at radius 3 is 2.22 bits per heavy atom. The van der Waals surface area contributed by atoms with E-state index in [0.717, 1.165) is 4.90 Å². The molecule has 1 unspecified atom stereocenters. The van der Waals surface area contributed by atoms with Crippen LogP contribution in [-0.2, 0) is 0 Å². The fourth-order valence-corrected chi connectivity index (χ4v) is 0.931. The Hall–Kier alpha value is -0.160. The third-order valence-electron chi connectivity index (χ3n) is 1.75. The molecular formula is C5H11NO3. The second kappa shape index (κ2) is 1.91. The first kappa shape index (κ1) is 6.95. The Bertz CT molecular complexity index is 115. The zero-order valence-electron chi connectivity index (χ0n) is 5.28. The first-order valence-corrected chi connectivity index (χ1v) is 2.90. The fourth-order valence-electron chi connectivity index (χ4n) is 0.931. The van der Waals surface area contributed by atoms with Crippen molar-refractivity contribution in [1.29, 1.82) is 0 Å². The monoisotopic (exact) mass is 133 g/mol. The normalized spacial score (nSPS) is 35.3. The Labute approximate surface area is 53.3 Å². The first-order valence-electron chi connectivity index (χ1n) is 2.90. The van der Waals surface area contributed by atoms with Gasteiger partial charge in [-0.2, -0.15) is 0 Å². The summed E-state index contributed by atoms with van der Waals surface area (Å²) in [6.07, 6.45) is -0.0752. The van der Waals surface area contributed by atoms with Crippen LogP contribution in [0.2, 0.25) is 0 Å². The highest BCUT2D eigenvalue weighted by Crippen LogP contribution is 2.25. The van der Waals surface area contributed by atoms with Crippen molar-refractivity contribution in [1.82, 2.24) is 4.90 Å². The van der Waals surface area contributed by atoms with Crippen LogP contribution < -0.4 is 0 Å². The van der Waals surface area contributed by atoms with Crippen molar-refractivity contribution in [3.05, 3.63) is 0 Å². The lowest BCUT2D eigenvalue weighted by molar-refractivity contribution is -0.257. The summed E-state index contributed by atoms with van der Waals surface area (Å²) in [4.78, 5) is 1.13. The Balaban J connectivity index is 2.62. The average molecular weight is 133 g/mol. The van der Waals surface area contributed by atoms with E-state index in [4.69, 9.17) is 15.3 Å². The molecular weight excluding hydrogens is 122 g/mol. The van der Waals surface area contributed by atoms with Crippen LogP contribution in [0, 0.1) is 0 Å². The van der Waals surface area contributed by atoms with Crippen molar-refractivity contribution < 1.29 is 15.3 Å². The maximum atomic E-state index is 8.95. The highest BCUT2D eigenvalue weighted by atomic mass is 16.5. The number of hydrogen-bond donors (Lipinski definition) is 3. The van der Waals surface area contributed by atoms with Crippen LogP contribution >= 0.6 is 0 Å². The van der Waals surface area contributed by atoms with Gasteiger partial charge in [-0.15, -0.1) is 0 Å². The summed E-state index contributed by atoms with van der Waals surface area (Å²) in [6, 6.07) is 0. The molecule has 3 N–H and O–H groups in total. The number of nitrogens with zero attached hydrogens (tertiary/aromatic N) is 1. The number of aliphatic hydroxyl groups is 3. The van der Waals surface area contributed by atoms with Crippen LogP contribution in [0.5, 0.6) is 0 Å². The van der Waals surface area contributed by atoms with E-state index < -0.39 is 12.1 Å². The lowest BCUT2D eigenvalue weighted by Crippen LogP contribution is -2.44. The molecule has 0 radical (unpaired) electrons. The third kappa shape index (κ3) is 1.07. The molecule has 1 aliphatic rings. The van der Waals surface area contributed by atoms with Gasteiger partial charge in [0.25, 0.3) is 0 Å². The summed E-state index contributed by atoms with van der Waals surface area (Å²) >= 11 is 0. The van der Waals surface area contributed by atoms with Gasteiger partial charge in [0, 0.05) is 6.42 Å². The van der Waals surface area contributed by atoms with Gasteiger partial charge >= 0.3 is 0 Å². The molecule has 1 heterocycles. The third-order valence-corrected chi connectivity index (χ3v) is 1.75. The lowest BCUT2D eigenvalue weighted by Gasteiger charge is -2.25. The molecule has 9 heavy (non-hydrogen) atoms. The van der Waals surface area contributed by atoms with E-state index in [0.29, 0.717) is 6.42 Å². The van der Waals surface area contributed by atoms with Gasteiger partial charge in [-0.05, 0) is 13.5 Å². The van der Waals surface area contributed by atoms with E-state index in [9.17, 15) is 0 Å². The van der Waals surface area contributed by atoms with Crippen molar-refractivity contribution in [2.24, 2.45) is 0 Å². The number of likely N-dealkylation sites (tertiary alicyclic amines) is 1. The van der Waals surface area contributed by atoms with Crippen molar-refractivity contribution in [3.8, 4) is 0 Å². The SMILES string of the molecule is CN1C(O)CCC1(O)O. The molecule has 0 aromatic rings. The molecule has 0 aliphatic carbocycles. The van der Waals surface area contributed by atoms with Gasteiger partial charge in [-0.25, -0.2) is 4.90 Å². The molecule has 0 spiro atoms. The molecule has 1 aliphatic heterocycles. The van der Waals surface area contributed by atoms with E-state index in [-0.39, 0.29) is 6.42 Å². The minimum atomic E-state index is -1.79. The minimum absolute atomic E-state index is 0.213. The second-order valence-electron chi connectivity index (χ2n) is 2.40.